The SMILES string of the molecule is C[C@](O)(c1ccc(N2CCN(S(=O)(=O)C3=CC=CCC3=S)C[C@@H]2CN2[C@@H]3COC[C@H]2[C@H](O)C3)cc1)C(F)(F)F. The molecule has 1 aliphatic carbocycles. The minimum absolute atomic E-state index is 0.00407. The number of fused-ring (bicyclic) bond motifs is 2. The van der Waals surface area contributed by atoms with E-state index >= 15 is 0 Å². The van der Waals surface area contributed by atoms with Crippen molar-refractivity contribution in [2.45, 2.75) is 55.8 Å². The van der Waals surface area contributed by atoms with Gasteiger partial charge in [0, 0.05) is 49.2 Å². The lowest BCUT2D eigenvalue weighted by molar-refractivity contribution is -0.258. The van der Waals surface area contributed by atoms with Crippen LogP contribution in [0.3, 0.4) is 0 Å². The van der Waals surface area contributed by atoms with Crippen molar-refractivity contribution in [1.29, 1.82) is 0 Å². The van der Waals surface area contributed by atoms with Crippen LogP contribution in [0.25, 0.3) is 0 Å². The Hall–Kier alpha value is -1.87. The third-order valence-electron chi connectivity index (χ3n) is 8.21. The molecule has 0 saturated carbocycles. The Bertz CT molecular complexity index is 1270. The summed E-state index contributed by atoms with van der Waals surface area (Å²) in [6, 6.07) is 4.99. The number of nitrogens with zero attached hydrogens (tertiary/aromatic N) is 3. The molecule has 0 amide bonds. The third-order valence-corrected chi connectivity index (χ3v) is 10.7. The highest BCUT2D eigenvalue weighted by atomic mass is 32.2. The van der Waals surface area contributed by atoms with E-state index in [0.29, 0.717) is 56.6 Å². The van der Waals surface area contributed by atoms with Gasteiger partial charge in [0.1, 0.15) is 0 Å². The van der Waals surface area contributed by atoms with E-state index in [1.54, 1.807) is 12.2 Å². The van der Waals surface area contributed by atoms with Crippen LogP contribution in [0.2, 0.25) is 0 Å². The minimum Gasteiger partial charge on any atom is -0.391 e. The van der Waals surface area contributed by atoms with Crippen LogP contribution in [0, 0.1) is 0 Å². The molecule has 5 rings (SSSR count). The summed E-state index contributed by atoms with van der Waals surface area (Å²) in [6.45, 7) is 2.61. The van der Waals surface area contributed by atoms with Crippen molar-refractivity contribution in [3.63, 3.8) is 0 Å². The van der Waals surface area contributed by atoms with Gasteiger partial charge in [-0.1, -0.05) is 36.5 Å². The van der Waals surface area contributed by atoms with E-state index < -0.39 is 27.9 Å². The van der Waals surface area contributed by atoms with Crippen LogP contribution in [-0.4, -0.2) is 102 Å². The number of allylic oxidation sites excluding steroid dienone is 4. The maximum Gasteiger partial charge on any atom is 0.421 e. The van der Waals surface area contributed by atoms with E-state index in [9.17, 15) is 31.8 Å². The van der Waals surface area contributed by atoms with Crippen LogP contribution in [-0.2, 0) is 20.4 Å². The van der Waals surface area contributed by atoms with Gasteiger partial charge in [-0.05, 0) is 37.1 Å². The second-order valence-corrected chi connectivity index (χ2v) is 13.1. The summed E-state index contributed by atoms with van der Waals surface area (Å²) in [5, 5.41) is 20.6. The maximum absolute atomic E-state index is 13.6. The van der Waals surface area contributed by atoms with Crippen molar-refractivity contribution in [2.75, 3.05) is 44.3 Å². The van der Waals surface area contributed by atoms with Crippen molar-refractivity contribution in [3.05, 3.63) is 53.0 Å². The van der Waals surface area contributed by atoms with Crippen LogP contribution in [0.5, 0.6) is 0 Å². The average molecular weight is 588 g/mol. The molecule has 0 radical (unpaired) electrons. The first-order valence-electron chi connectivity index (χ1n) is 12.9. The molecule has 3 aliphatic heterocycles. The highest BCUT2D eigenvalue weighted by Gasteiger charge is 2.51. The Morgan fingerprint density at radius 3 is 2.51 bits per heavy atom. The van der Waals surface area contributed by atoms with E-state index in [1.807, 2.05) is 4.90 Å². The van der Waals surface area contributed by atoms with Gasteiger partial charge < -0.3 is 19.8 Å². The highest BCUT2D eigenvalue weighted by Crippen LogP contribution is 2.39. The van der Waals surface area contributed by atoms with Gasteiger partial charge in [-0.3, -0.25) is 4.90 Å². The monoisotopic (exact) mass is 587 g/mol. The Kier molecular flexibility index (Phi) is 7.72. The molecule has 5 atom stereocenters. The molecule has 4 aliphatic rings. The molecule has 1 aromatic carbocycles. The van der Waals surface area contributed by atoms with Crippen molar-refractivity contribution in [1.82, 2.24) is 9.21 Å². The molecule has 3 saturated heterocycles. The summed E-state index contributed by atoms with van der Waals surface area (Å²) in [6.07, 6.45) is 0.571. The molecule has 1 aromatic rings. The maximum atomic E-state index is 13.6. The van der Waals surface area contributed by atoms with Crippen LogP contribution >= 0.6 is 12.2 Å². The zero-order chi connectivity index (χ0) is 28.2. The van der Waals surface area contributed by atoms with Crippen molar-refractivity contribution < 1.29 is 36.5 Å². The van der Waals surface area contributed by atoms with Gasteiger partial charge in [0.25, 0.3) is 0 Å². The predicted molar refractivity (Wildman–Crippen MR) is 144 cm³/mol. The first-order valence-corrected chi connectivity index (χ1v) is 14.7. The molecule has 3 fully saturated rings. The lowest BCUT2D eigenvalue weighted by Gasteiger charge is -2.46. The summed E-state index contributed by atoms with van der Waals surface area (Å²) in [7, 11) is -3.85. The number of aliphatic hydroxyl groups excluding tert-OH is 1. The zero-order valence-corrected chi connectivity index (χ0v) is 23.1. The van der Waals surface area contributed by atoms with E-state index in [4.69, 9.17) is 17.0 Å². The Morgan fingerprint density at radius 2 is 1.87 bits per heavy atom. The highest BCUT2D eigenvalue weighted by molar-refractivity contribution is 7.96. The summed E-state index contributed by atoms with van der Waals surface area (Å²) >= 11 is 5.34. The molecular formula is C26H32F3N3O5S2. The molecule has 2 bridgehead atoms. The average Bonchev–Trinajstić information content (AvgIpc) is 3.04. The Labute approximate surface area is 231 Å². The molecule has 3 heterocycles. The Morgan fingerprint density at radius 1 is 1.15 bits per heavy atom. The molecule has 0 spiro atoms. The van der Waals surface area contributed by atoms with Gasteiger partial charge in [0.05, 0.1) is 36.3 Å². The number of benzene rings is 1. The number of anilines is 1. The number of hydrogen-bond donors (Lipinski definition) is 2. The minimum atomic E-state index is -4.84. The van der Waals surface area contributed by atoms with Gasteiger partial charge in [0.15, 0.2) is 5.60 Å². The summed E-state index contributed by atoms with van der Waals surface area (Å²) in [5.74, 6) is 0. The number of hydrogen-bond acceptors (Lipinski definition) is 8. The van der Waals surface area contributed by atoms with Crippen LogP contribution in [0.1, 0.15) is 25.3 Å². The number of rotatable bonds is 6. The standard InChI is InChI=1S/C26H32F3N3O5S2/c1-25(34,26(27,28)29)17-6-8-18(9-7-17)31-11-10-30(39(35,36)24-5-3-2-4-23(24)38)13-20(31)14-32-19-12-22(33)21(32)16-37-15-19/h2-3,5-9,19-22,33-34H,4,10-16H2,1H3/t19-,20+,21-,22+,25-/m0/s1. The van der Waals surface area contributed by atoms with Gasteiger partial charge in [-0.2, -0.15) is 17.5 Å². The predicted octanol–water partition coefficient (Wildman–Crippen LogP) is 2.32. The van der Waals surface area contributed by atoms with Gasteiger partial charge in [-0.15, -0.1) is 0 Å². The third kappa shape index (κ3) is 5.30. The first-order chi connectivity index (χ1) is 18.3. The van der Waals surface area contributed by atoms with Gasteiger partial charge in [-0.25, -0.2) is 8.42 Å². The fraction of sp³-hybridized carbons (Fsp3) is 0.577. The van der Waals surface area contributed by atoms with Crippen LogP contribution < -0.4 is 4.90 Å². The van der Waals surface area contributed by atoms with Crippen molar-refractivity contribution in [2.24, 2.45) is 0 Å². The summed E-state index contributed by atoms with van der Waals surface area (Å²) in [4.78, 5) is 4.64. The number of thiocarbonyl (C=S) groups is 1. The van der Waals surface area contributed by atoms with Gasteiger partial charge >= 0.3 is 6.18 Å². The smallest absolute Gasteiger partial charge is 0.391 e. The second-order valence-electron chi connectivity index (χ2n) is 10.7. The Balaban J connectivity index is 1.43. The number of ether oxygens (including phenoxy) is 1. The summed E-state index contributed by atoms with van der Waals surface area (Å²) < 4.78 is 74.3. The van der Waals surface area contributed by atoms with E-state index in [-0.39, 0.29) is 41.7 Å². The quantitative estimate of drug-likeness (QED) is 0.490. The first kappa shape index (κ1) is 28.7. The number of alkyl halides is 3. The molecule has 2 N–H and O–H groups in total. The van der Waals surface area contributed by atoms with Crippen molar-refractivity contribution in [3.8, 4) is 0 Å². The molecule has 8 nitrogen and oxygen atoms in total. The van der Waals surface area contributed by atoms with E-state index in [1.165, 1.54) is 34.6 Å². The molecule has 0 aromatic heterocycles. The van der Waals surface area contributed by atoms with Gasteiger partial charge in [0.2, 0.25) is 10.0 Å². The number of morpholine rings is 1. The number of sulfonamides is 1. The molecule has 13 heteroatoms. The second kappa shape index (κ2) is 10.5. The topological polar surface area (TPSA) is 93.6 Å². The fourth-order valence-corrected chi connectivity index (χ4v) is 7.93. The van der Waals surface area contributed by atoms with E-state index in [2.05, 4.69) is 4.90 Å². The lowest BCUT2D eigenvalue weighted by Crippen LogP contribution is -2.61. The lowest BCUT2D eigenvalue weighted by atomic mass is 9.95. The van der Waals surface area contributed by atoms with Crippen LogP contribution in [0.4, 0.5) is 18.9 Å². The molecule has 0 unspecified atom stereocenters. The molecule has 214 valence electrons. The zero-order valence-electron chi connectivity index (χ0n) is 21.4. The fourth-order valence-electron chi connectivity index (χ4n) is 5.86. The van der Waals surface area contributed by atoms with Crippen LogP contribution in [0.15, 0.2) is 47.4 Å². The normalized spacial score (nSPS) is 30.4. The summed E-state index contributed by atoms with van der Waals surface area (Å²) in [5.41, 5.74) is -2.66. The largest absolute Gasteiger partial charge is 0.421 e. The van der Waals surface area contributed by atoms with E-state index in [0.717, 1.165) is 0 Å². The van der Waals surface area contributed by atoms with Crippen molar-refractivity contribution >= 4 is 32.8 Å². The molecular weight excluding hydrogens is 555 g/mol. The number of aliphatic hydroxyl groups is 2. The number of halogens is 3. The molecule has 39 heavy (non-hydrogen) atoms. The number of piperazine rings is 1.